The maximum absolute atomic E-state index is 13.4. The monoisotopic (exact) mass is 506 g/mol. The van der Waals surface area contributed by atoms with E-state index in [1.807, 2.05) is 6.07 Å². The van der Waals surface area contributed by atoms with Gasteiger partial charge in [-0.05, 0) is 41.5 Å². The fraction of sp³-hybridized carbons (Fsp3) is 0.174. The molecule has 1 N–H and O–H groups in total. The molecule has 4 rings (SSSR count). The summed E-state index contributed by atoms with van der Waals surface area (Å²) in [5.41, 5.74) is 1.52. The number of rotatable bonds is 8. The second kappa shape index (κ2) is 10.0. The Labute approximate surface area is 201 Å². The Kier molecular flexibility index (Phi) is 7.09. The average Bonchev–Trinajstić information content (AvgIpc) is 3.27. The van der Waals surface area contributed by atoms with Gasteiger partial charge in [0.2, 0.25) is 22.7 Å². The van der Waals surface area contributed by atoms with Crippen LogP contribution >= 0.6 is 23.2 Å². The molecule has 0 unspecified atom stereocenters. The van der Waals surface area contributed by atoms with Crippen LogP contribution in [0.15, 0.2) is 71.6 Å². The summed E-state index contributed by atoms with van der Waals surface area (Å²) in [5, 5.41) is 3.01. The van der Waals surface area contributed by atoms with Gasteiger partial charge in [0.05, 0.1) is 11.6 Å². The molecule has 0 aromatic heterocycles. The summed E-state index contributed by atoms with van der Waals surface area (Å²) in [7, 11) is -4.12. The third kappa shape index (κ3) is 5.59. The second-order valence-corrected chi connectivity index (χ2v) is 10.0. The van der Waals surface area contributed by atoms with E-state index in [1.54, 1.807) is 42.5 Å². The molecule has 1 aliphatic rings. The van der Waals surface area contributed by atoms with Gasteiger partial charge in [0, 0.05) is 18.1 Å². The van der Waals surface area contributed by atoms with E-state index in [9.17, 15) is 13.2 Å². The van der Waals surface area contributed by atoms with Gasteiger partial charge in [-0.15, -0.1) is 0 Å². The normalized spacial score (nSPS) is 12.7. The fourth-order valence-electron chi connectivity index (χ4n) is 3.29. The third-order valence-electron chi connectivity index (χ3n) is 4.96. The van der Waals surface area contributed by atoms with E-state index in [0.717, 1.165) is 15.4 Å². The molecule has 0 fully saturated rings. The number of fused-ring (bicyclic) bond motifs is 1. The van der Waals surface area contributed by atoms with E-state index < -0.39 is 22.5 Å². The Morgan fingerprint density at radius 2 is 1.70 bits per heavy atom. The minimum Gasteiger partial charge on any atom is -0.454 e. The topological polar surface area (TPSA) is 84.9 Å². The van der Waals surface area contributed by atoms with E-state index in [-0.39, 0.29) is 34.8 Å². The minimum absolute atomic E-state index is 0.0105. The highest BCUT2D eigenvalue weighted by Gasteiger charge is 2.29. The summed E-state index contributed by atoms with van der Waals surface area (Å²) in [6.07, 6.45) is 0. The summed E-state index contributed by atoms with van der Waals surface area (Å²) >= 11 is 12.2. The van der Waals surface area contributed by atoms with E-state index in [2.05, 4.69) is 5.32 Å². The highest BCUT2D eigenvalue weighted by Crippen LogP contribution is 2.32. The summed E-state index contributed by atoms with van der Waals surface area (Å²) in [6.45, 7) is -0.0514. The Morgan fingerprint density at radius 1 is 0.939 bits per heavy atom. The number of hydrogen-bond donors (Lipinski definition) is 1. The summed E-state index contributed by atoms with van der Waals surface area (Å²) in [4.78, 5) is 12.6. The smallest absolute Gasteiger partial charge is 0.245 e. The van der Waals surface area contributed by atoms with Crippen LogP contribution < -0.4 is 14.8 Å². The quantitative estimate of drug-likeness (QED) is 0.494. The van der Waals surface area contributed by atoms with Crippen molar-refractivity contribution in [2.45, 2.75) is 18.0 Å². The zero-order valence-electron chi connectivity index (χ0n) is 17.3. The summed E-state index contributed by atoms with van der Waals surface area (Å²) in [5.74, 6) is 0.777. The van der Waals surface area contributed by atoms with Crippen molar-refractivity contribution in [2.75, 3.05) is 13.3 Å². The molecule has 3 aromatic carbocycles. The van der Waals surface area contributed by atoms with Gasteiger partial charge in [-0.2, -0.15) is 4.31 Å². The predicted octanol–water partition coefficient (Wildman–Crippen LogP) is 4.23. The first-order valence-corrected chi connectivity index (χ1v) is 12.2. The highest BCUT2D eigenvalue weighted by atomic mass is 35.5. The molecule has 0 spiro atoms. The van der Waals surface area contributed by atoms with Crippen LogP contribution in [0.5, 0.6) is 11.5 Å². The van der Waals surface area contributed by atoms with Crippen molar-refractivity contribution in [2.24, 2.45) is 0 Å². The molecular weight excluding hydrogens is 487 g/mol. The predicted molar refractivity (Wildman–Crippen MR) is 125 cm³/mol. The van der Waals surface area contributed by atoms with Crippen LogP contribution in [-0.4, -0.2) is 32.0 Å². The zero-order chi connectivity index (χ0) is 23.4. The molecule has 0 bridgehead atoms. The maximum atomic E-state index is 13.4. The minimum atomic E-state index is -4.12. The van der Waals surface area contributed by atoms with Crippen molar-refractivity contribution in [3.8, 4) is 11.5 Å². The van der Waals surface area contributed by atoms with Crippen molar-refractivity contribution in [3.05, 3.63) is 87.9 Å². The Morgan fingerprint density at radius 3 is 2.48 bits per heavy atom. The van der Waals surface area contributed by atoms with Gasteiger partial charge >= 0.3 is 0 Å². The molecule has 33 heavy (non-hydrogen) atoms. The number of nitrogens with zero attached hydrogens (tertiary/aromatic N) is 1. The number of amides is 1. The first-order valence-electron chi connectivity index (χ1n) is 9.97. The maximum Gasteiger partial charge on any atom is 0.245 e. The van der Waals surface area contributed by atoms with Crippen molar-refractivity contribution in [3.63, 3.8) is 0 Å². The number of hydrogen-bond acceptors (Lipinski definition) is 5. The zero-order valence-corrected chi connectivity index (χ0v) is 19.7. The van der Waals surface area contributed by atoms with E-state index in [4.69, 9.17) is 32.7 Å². The Balaban J connectivity index is 1.53. The molecule has 10 heteroatoms. The van der Waals surface area contributed by atoms with Gasteiger partial charge in [0.25, 0.3) is 0 Å². The van der Waals surface area contributed by atoms with Crippen LogP contribution in [0.2, 0.25) is 10.0 Å². The van der Waals surface area contributed by atoms with Gasteiger partial charge in [0.1, 0.15) is 4.90 Å². The van der Waals surface area contributed by atoms with Crippen molar-refractivity contribution in [1.29, 1.82) is 0 Å². The van der Waals surface area contributed by atoms with Gasteiger partial charge in [-0.25, -0.2) is 8.42 Å². The Bertz CT molecular complexity index is 1270. The van der Waals surface area contributed by atoms with Crippen LogP contribution in [0.3, 0.4) is 0 Å². The average molecular weight is 507 g/mol. The lowest BCUT2D eigenvalue weighted by Crippen LogP contribution is -2.40. The number of ether oxygens (including phenoxy) is 2. The molecule has 0 radical (unpaired) electrons. The molecule has 0 saturated heterocycles. The number of carbonyl (C=O) groups excluding carboxylic acids is 1. The van der Waals surface area contributed by atoms with Crippen LogP contribution in [0, 0.1) is 0 Å². The molecule has 0 atom stereocenters. The number of nitrogens with one attached hydrogen (secondary N) is 1. The molecule has 1 amide bonds. The van der Waals surface area contributed by atoms with E-state index >= 15 is 0 Å². The van der Waals surface area contributed by atoms with Gasteiger partial charge in [-0.3, -0.25) is 4.79 Å². The molecule has 172 valence electrons. The molecule has 0 aliphatic carbocycles. The van der Waals surface area contributed by atoms with Crippen LogP contribution in [-0.2, 0) is 27.9 Å². The third-order valence-corrected chi connectivity index (χ3v) is 7.47. The van der Waals surface area contributed by atoms with Crippen LogP contribution in [0.4, 0.5) is 0 Å². The number of benzene rings is 3. The molecule has 3 aromatic rings. The van der Waals surface area contributed by atoms with E-state index in [1.165, 1.54) is 18.2 Å². The molecular formula is C23H20Cl2N2O5S. The van der Waals surface area contributed by atoms with Gasteiger partial charge in [0.15, 0.2) is 11.5 Å². The van der Waals surface area contributed by atoms with Crippen molar-refractivity contribution >= 4 is 39.1 Å². The van der Waals surface area contributed by atoms with Crippen molar-refractivity contribution < 1.29 is 22.7 Å². The van der Waals surface area contributed by atoms with Crippen LogP contribution in [0.1, 0.15) is 11.1 Å². The van der Waals surface area contributed by atoms with Gasteiger partial charge in [-0.1, -0.05) is 59.6 Å². The molecule has 7 nitrogen and oxygen atoms in total. The SMILES string of the molecule is O=C(CN(Cc1ccccc1)S(=O)(=O)c1cc(Cl)ccc1Cl)NCc1ccc2c(c1)OCO2. The van der Waals surface area contributed by atoms with Crippen molar-refractivity contribution in [1.82, 2.24) is 9.62 Å². The molecule has 1 heterocycles. The molecule has 0 saturated carbocycles. The first-order chi connectivity index (χ1) is 15.8. The lowest BCUT2D eigenvalue weighted by atomic mass is 10.2. The highest BCUT2D eigenvalue weighted by molar-refractivity contribution is 7.89. The fourth-order valence-corrected chi connectivity index (χ4v) is 5.42. The van der Waals surface area contributed by atoms with Gasteiger partial charge < -0.3 is 14.8 Å². The lowest BCUT2D eigenvalue weighted by Gasteiger charge is -2.22. The van der Waals surface area contributed by atoms with Crippen LogP contribution in [0.25, 0.3) is 0 Å². The number of halogens is 2. The van der Waals surface area contributed by atoms with E-state index in [0.29, 0.717) is 11.5 Å². The lowest BCUT2D eigenvalue weighted by molar-refractivity contribution is -0.121. The summed E-state index contributed by atoms with van der Waals surface area (Å²) in [6, 6.07) is 18.5. The number of carbonyl (C=O) groups is 1. The number of sulfonamides is 1. The largest absolute Gasteiger partial charge is 0.454 e. The Hall–Kier alpha value is -2.78. The second-order valence-electron chi connectivity index (χ2n) is 7.30. The first kappa shape index (κ1) is 23.4. The molecule has 1 aliphatic heterocycles. The summed E-state index contributed by atoms with van der Waals surface area (Å²) < 4.78 is 38.5. The standard InChI is InChI=1S/C23H20Cl2N2O5S/c24-18-7-8-19(25)22(11-18)33(29,30)27(13-16-4-2-1-3-5-16)14-23(28)26-12-17-6-9-20-21(10-17)32-15-31-20/h1-11H,12-15H2,(H,26,28).